The summed E-state index contributed by atoms with van der Waals surface area (Å²) in [5.74, 6) is 1.56. The van der Waals surface area contributed by atoms with E-state index in [0.29, 0.717) is 17.7 Å². The second-order valence-electron chi connectivity index (χ2n) is 6.24. The Morgan fingerprint density at radius 2 is 1.89 bits per heavy atom. The third-order valence-corrected chi connectivity index (χ3v) is 5.36. The van der Waals surface area contributed by atoms with Gasteiger partial charge in [-0.15, -0.1) is 0 Å². The molecule has 0 aliphatic heterocycles. The fourth-order valence-electron chi connectivity index (χ4n) is 3.90. The van der Waals surface area contributed by atoms with Gasteiger partial charge in [0.1, 0.15) is 0 Å². The quantitative estimate of drug-likeness (QED) is 0.789. The van der Waals surface area contributed by atoms with Gasteiger partial charge in [0.05, 0.1) is 0 Å². The number of rotatable bonds is 5. The lowest BCUT2D eigenvalue weighted by molar-refractivity contribution is -0.131. The van der Waals surface area contributed by atoms with Crippen LogP contribution in [0.25, 0.3) is 0 Å². The fourth-order valence-corrected chi connectivity index (χ4v) is 3.90. The van der Waals surface area contributed by atoms with Crippen LogP contribution in [0.2, 0.25) is 0 Å². The van der Waals surface area contributed by atoms with Crippen LogP contribution in [0.1, 0.15) is 58.3 Å². The van der Waals surface area contributed by atoms with Crippen molar-refractivity contribution in [3.63, 3.8) is 0 Å². The van der Waals surface area contributed by atoms with Gasteiger partial charge in [0.25, 0.3) is 0 Å². The lowest BCUT2D eigenvalue weighted by atomic mass is 9.82. The molecular formula is C15H28N2O. The minimum Gasteiger partial charge on any atom is -0.355 e. The van der Waals surface area contributed by atoms with Gasteiger partial charge >= 0.3 is 0 Å². The summed E-state index contributed by atoms with van der Waals surface area (Å²) in [5.41, 5.74) is 5.75. The SMILES string of the molecule is CCC1(C(=O)NCC2CCCC2CN)CCCC1. The van der Waals surface area contributed by atoms with E-state index in [1.54, 1.807) is 0 Å². The Morgan fingerprint density at radius 3 is 2.50 bits per heavy atom. The van der Waals surface area contributed by atoms with Crippen molar-refractivity contribution in [1.82, 2.24) is 5.32 Å². The first kappa shape index (κ1) is 13.9. The zero-order chi connectivity index (χ0) is 13.0. The largest absolute Gasteiger partial charge is 0.355 e. The Morgan fingerprint density at radius 1 is 1.22 bits per heavy atom. The predicted molar refractivity (Wildman–Crippen MR) is 74.1 cm³/mol. The molecule has 0 heterocycles. The van der Waals surface area contributed by atoms with Crippen molar-refractivity contribution in [1.29, 1.82) is 0 Å². The van der Waals surface area contributed by atoms with E-state index in [9.17, 15) is 4.79 Å². The molecule has 2 aliphatic rings. The molecule has 2 saturated carbocycles. The zero-order valence-corrected chi connectivity index (χ0v) is 11.7. The van der Waals surface area contributed by atoms with E-state index in [-0.39, 0.29) is 5.41 Å². The third kappa shape index (κ3) is 2.71. The molecule has 3 N–H and O–H groups in total. The summed E-state index contributed by atoms with van der Waals surface area (Å²) in [6, 6.07) is 0. The van der Waals surface area contributed by atoms with Crippen molar-refractivity contribution >= 4 is 5.91 Å². The molecule has 0 radical (unpaired) electrons. The van der Waals surface area contributed by atoms with E-state index in [0.717, 1.165) is 32.4 Å². The molecule has 2 fully saturated rings. The molecule has 0 bridgehead atoms. The second kappa shape index (κ2) is 6.05. The number of nitrogens with one attached hydrogen (secondary N) is 1. The molecule has 2 unspecified atom stereocenters. The summed E-state index contributed by atoms with van der Waals surface area (Å²) in [6.45, 7) is 3.78. The molecule has 2 rings (SSSR count). The molecule has 2 aliphatic carbocycles. The van der Waals surface area contributed by atoms with Crippen LogP contribution in [0.4, 0.5) is 0 Å². The van der Waals surface area contributed by atoms with Crippen molar-refractivity contribution in [3.05, 3.63) is 0 Å². The molecule has 104 valence electrons. The van der Waals surface area contributed by atoms with Crippen molar-refractivity contribution < 1.29 is 4.79 Å². The van der Waals surface area contributed by atoms with Gasteiger partial charge in [0.2, 0.25) is 5.91 Å². The highest BCUT2D eigenvalue weighted by Crippen LogP contribution is 2.41. The molecule has 0 aromatic rings. The summed E-state index contributed by atoms with van der Waals surface area (Å²) in [4.78, 5) is 12.4. The number of hydrogen-bond donors (Lipinski definition) is 2. The Hall–Kier alpha value is -0.570. The average molecular weight is 252 g/mol. The van der Waals surface area contributed by atoms with E-state index in [2.05, 4.69) is 12.2 Å². The van der Waals surface area contributed by atoms with Crippen LogP contribution in [0.15, 0.2) is 0 Å². The predicted octanol–water partition coefficient (Wildman–Crippen LogP) is 2.45. The van der Waals surface area contributed by atoms with Gasteiger partial charge in [-0.1, -0.05) is 26.2 Å². The van der Waals surface area contributed by atoms with E-state index >= 15 is 0 Å². The molecule has 0 aromatic carbocycles. The van der Waals surface area contributed by atoms with Gasteiger partial charge in [-0.3, -0.25) is 4.79 Å². The molecule has 18 heavy (non-hydrogen) atoms. The Labute approximate surface area is 111 Å². The number of hydrogen-bond acceptors (Lipinski definition) is 2. The summed E-state index contributed by atoms with van der Waals surface area (Å²) in [5, 5.41) is 3.23. The number of nitrogens with two attached hydrogens (primary N) is 1. The normalized spacial score (nSPS) is 30.6. The van der Waals surface area contributed by atoms with Crippen molar-refractivity contribution in [2.24, 2.45) is 23.0 Å². The molecule has 3 nitrogen and oxygen atoms in total. The number of carbonyl (C=O) groups is 1. The van der Waals surface area contributed by atoms with Crippen LogP contribution < -0.4 is 11.1 Å². The lowest BCUT2D eigenvalue weighted by Crippen LogP contribution is -2.42. The number of carbonyl (C=O) groups excluding carboxylic acids is 1. The first-order valence-corrected chi connectivity index (χ1v) is 7.70. The Bertz CT molecular complexity index is 284. The minimum atomic E-state index is -0.0448. The maximum absolute atomic E-state index is 12.4. The highest BCUT2D eigenvalue weighted by molar-refractivity contribution is 5.82. The first-order chi connectivity index (χ1) is 8.72. The summed E-state index contributed by atoms with van der Waals surface area (Å²) >= 11 is 0. The smallest absolute Gasteiger partial charge is 0.226 e. The zero-order valence-electron chi connectivity index (χ0n) is 11.7. The van der Waals surface area contributed by atoms with Crippen LogP contribution in [0, 0.1) is 17.3 Å². The summed E-state index contributed by atoms with van der Waals surface area (Å²) in [7, 11) is 0. The molecule has 0 saturated heterocycles. The maximum Gasteiger partial charge on any atom is 0.226 e. The van der Waals surface area contributed by atoms with Crippen molar-refractivity contribution in [2.45, 2.75) is 58.3 Å². The van der Waals surface area contributed by atoms with Crippen LogP contribution in [-0.4, -0.2) is 19.0 Å². The van der Waals surface area contributed by atoms with Crippen LogP contribution in [0.3, 0.4) is 0 Å². The van der Waals surface area contributed by atoms with Gasteiger partial charge in [-0.25, -0.2) is 0 Å². The van der Waals surface area contributed by atoms with Crippen LogP contribution in [-0.2, 0) is 4.79 Å². The molecular weight excluding hydrogens is 224 g/mol. The molecule has 1 amide bonds. The highest BCUT2D eigenvalue weighted by Gasteiger charge is 2.39. The molecule has 3 heteroatoms. The monoisotopic (exact) mass is 252 g/mol. The Kier molecular flexibility index (Phi) is 4.66. The van der Waals surface area contributed by atoms with Gasteiger partial charge in [-0.05, 0) is 50.5 Å². The summed E-state index contributed by atoms with van der Waals surface area (Å²) < 4.78 is 0. The molecule has 0 spiro atoms. The van der Waals surface area contributed by atoms with Gasteiger partial charge < -0.3 is 11.1 Å². The topological polar surface area (TPSA) is 55.1 Å². The van der Waals surface area contributed by atoms with E-state index in [4.69, 9.17) is 5.73 Å². The van der Waals surface area contributed by atoms with E-state index in [1.165, 1.54) is 32.1 Å². The van der Waals surface area contributed by atoms with Gasteiger partial charge in [-0.2, -0.15) is 0 Å². The highest BCUT2D eigenvalue weighted by atomic mass is 16.2. The second-order valence-corrected chi connectivity index (χ2v) is 6.24. The Balaban J connectivity index is 1.84. The average Bonchev–Trinajstić information content (AvgIpc) is 3.05. The van der Waals surface area contributed by atoms with E-state index < -0.39 is 0 Å². The number of amides is 1. The maximum atomic E-state index is 12.4. The standard InChI is InChI=1S/C15H28N2O/c1-2-15(8-3-4-9-15)14(18)17-11-13-7-5-6-12(13)10-16/h12-13H,2-11,16H2,1H3,(H,17,18). The third-order valence-electron chi connectivity index (χ3n) is 5.36. The van der Waals surface area contributed by atoms with Crippen molar-refractivity contribution in [3.8, 4) is 0 Å². The van der Waals surface area contributed by atoms with Gasteiger partial charge in [0, 0.05) is 12.0 Å². The first-order valence-electron chi connectivity index (χ1n) is 7.70. The fraction of sp³-hybridized carbons (Fsp3) is 0.933. The minimum absolute atomic E-state index is 0.0448. The molecule has 0 aromatic heterocycles. The van der Waals surface area contributed by atoms with Crippen LogP contribution >= 0.6 is 0 Å². The van der Waals surface area contributed by atoms with E-state index in [1.807, 2.05) is 0 Å². The lowest BCUT2D eigenvalue weighted by Gasteiger charge is -2.27. The van der Waals surface area contributed by atoms with Gasteiger partial charge in [0.15, 0.2) is 0 Å². The van der Waals surface area contributed by atoms with Crippen molar-refractivity contribution in [2.75, 3.05) is 13.1 Å². The molecule has 2 atom stereocenters. The summed E-state index contributed by atoms with van der Waals surface area (Å²) in [6.07, 6.45) is 9.36. The van der Waals surface area contributed by atoms with Crippen LogP contribution in [0.5, 0.6) is 0 Å².